The molecule has 0 atom stereocenters. The Morgan fingerprint density at radius 1 is 1.38 bits per heavy atom. The fraction of sp³-hybridized carbons (Fsp3) is 0.765. The van der Waals surface area contributed by atoms with Crippen LogP contribution in [-0.2, 0) is 6.54 Å². The molecule has 3 rings (SSSR count). The van der Waals surface area contributed by atoms with Gasteiger partial charge in [-0.25, -0.2) is 9.78 Å². The molecule has 5 nitrogen and oxygen atoms in total. The summed E-state index contributed by atoms with van der Waals surface area (Å²) in [5, 5.41) is 6.28. The molecule has 2 heterocycles. The summed E-state index contributed by atoms with van der Waals surface area (Å²) in [5.74, 6) is 2.44. The molecular formula is C17H28N4OS2. The second kappa shape index (κ2) is 8.06. The Balaban J connectivity index is 1.54. The molecule has 0 unspecified atom stereocenters. The molecule has 1 N–H and O–H groups in total. The van der Waals surface area contributed by atoms with Crippen molar-refractivity contribution in [2.24, 2.45) is 0 Å². The van der Waals surface area contributed by atoms with Gasteiger partial charge in [0, 0.05) is 49.1 Å². The van der Waals surface area contributed by atoms with Crippen molar-refractivity contribution in [3.63, 3.8) is 0 Å². The number of amides is 2. The minimum atomic E-state index is 0.0123. The Bertz CT molecular complexity index is 551. The molecule has 0 bridgehead atoms. The van der Waals surface area contributed by atoms with Gasteiger partial charge >= 0.3 is 6.03 Å². The zero-order valence-corrected chi connectivity index (χ0v) is 16.3. The van der Waals surface area contributed by atoms with Crippen LogP contribution in [0.25, 0.3) is 0 Å². The molecule has 1 aromatic rings. The molecule has 1 aromatic heterocycles. The van der Waals surface area contributed by atoms with E-state index in [1.54, 1.807) is 16.2 Å². The van der Waals surface area contributed by atoms with Gasteiger partial charge in [-0.3, -0.25) is 4.90 Å². The van der Waals surface area contributed by atoms with E-state index in [4.69, 9.17) is 0 Å². The molecule has 0 spiro atoms. The van der Waals surface area contributed by atoms with Crippen LogP contribution in [0, 0.1) is 6.92 Å². The quantitative estimate of drug-likeness (QED) is 0.868. The van der Waals surface area contributed by atoms with Gasteiger partial charge in [0.15, 0.2) is 0 Å². The van der Waals surface area contributed by atoms with Crippen molar-refractivity contribution in [2.75, 3.05) is 38.2 Å². The molecule has 24 heavy (non-hydrogen) atoms. The maximum Gasteiger partial charge on any atom is 0.317 e. The molecule has 1 saturated carbocycles. The summed E-state index contributed by atoms with van der Waals surface area (Å²) in [6.45, 7) is 5.67. The number of carbonyl (C=O) groups excluding carboxylic acids is 1. The number of thiazole rings is 1. The molecule has 0 aromatic carbocycles. The van der Waals surface area contributed by atoms with Gasteiger partial charge in [-0.05, 0) is 19.8 Å². The lowest BCUT2D eigenvalue weighted by Gasteiger charge is -2.43. The van der Waals surface area contributed by atoms with E-state index in [9.17, 15) is 4.79 Å². The van der Waals surface area contributed by atoms with Gasteiger partial charge in [0.2, 0.25) is 0 Å². The SMILES string of the molecule is Cc1nc(CN(C)C(=O)NCC2(N3CCSCC3)CCCC2)cs1. The summed E-state index contributed by atoms with van der Waals surface area (Å²) in [4.78, 5) is 21.3. The van der Waals surface area contributed by atoms with Gasteiger partial charge in [0.25, 0.3) is 0 Å². The lowest BCUT2D eigenvalue weighted by molar-refractivity contribution is 0.102. The molecule has 134 valence electrons. The molecule has 2 amide bonds. The predicted octanol–water partition coefficient (Wildman–Crippen LogP) is 2.95. The zero-order chi connectivity index (χ0) is 17.0. The molecule has 1 aliphatic carbocycles. The number of hydrogen-bond donors (Lipinski definition) is 1. The van der Waals surface area contributed by atoms with Gasteiger partial charge in [0.1, 0.15) is 0 Å². The van der Waals surface area contributed by atoms with Gasteiger partial charge in [-0.2, -0.15) is 11.8 Å². The van der Waals surface area contributed by atoms with Crippen LogP contribution in [0.1, 0.15) is 36.4 Å². The summed E-state index contributed by atoms with van der Waals surface area (Å²) < 4.78 is 0. The average molecular weight is 369 g/mol. The Labute approximate surface area is 153 Å². The maximum absolute atomic E-state index is 12.5. The third kappa shape index (κ3) is 4.24. The molecule has 1 aliphatic heterocycles. The first-order valence-corrected chi connectivity index (χ1v) is 10.9. The standard InChI is InChI=1S/C17H28N4OS2/c1-14-19-15(12-24-14)11-20(2)16(22)18-13-17(5-3-4-6-17)21-7-9-23-10-8-21/h12H,3-11,13H2,1-2H3,(H,18,22). The Morgan fingerprint density at radius 3 is 2.71 bits per heavy atom. The van der Waals surface area contributed by atoms with Crippen molar-refractivity contribution in [3.05, 3.63) is 16.1 Å². The first kappa shape index (κ1) is 18.0. The van der Waals surface area contributed by atoms with Crippen LogP contribution in [0.3, 0.4) is 0 Å². The molecule has 0 radical (unpaired) electrons. The number of rotatable bonds is 5. The van der Waals surface area contributed by atoms with Crippen LogP contribution in [0.4, 0.5) is 4.79 Å². The minimum absolute atomic E-state index is 0.0123. The lowest BCUT2D eigenvalue weighted by atomic mass is 9.94. The summed E-state index contributed by atoms with van der Waals surface area (Å²) in [6, 6.07) is 0.0123. The number of hydrogen-bond acceptors (Lipinski definition) is 5. The third-order valence-electron chi connectivity index (χ3n) is 5.20. The normalized spacial score (nSPS) is 20.9. The van der Waals surface area contributed by atoms with Crippen molar-refractivity contribution >= 4 is 29.1 Å². The second-order valence-electron chi connectivity index (χ2n) is 6.90. The monoisotopic (exact) mass is 368 g/mol. The number of thioether (sulfide) groups is 1. The van der Waals surface area contributed by atoms with Crippen molar-refractivity contribution in [1.29, 1.82) is 0 Å². The number of aryl methyl sites for hydroxylation is 1. The zero-order valence-electron chi connectivity index (χ0n) is 14.7. The van der Waals surface area contributed by atoms with Crippen LogP contribution in [0.2, 0.25) is 0 Å². The fourth-order valence-corrected chi connectivity index (χ4v) is 5.35. The van der Waals surface area contributed by atoms with Crippen molar-refractivity contribution in [3.8, 4) is 0 Å². The van der Waals surface area contributed by atoms with E-state index < -0.39 is 0 Å². The molecule has 1 saturated heterocycles. The Kier molecular flexibility index (Phi) is 6.05. The molecule has 2 fully saturated rings. The number of nitrogens with zero attached hydrogens (tertiary/aromatic N) is 3. The van der Waals surface area contributed by atoms with Crippen LogP contribution in [0.15, 0.2) is 5.38 Å². The number of aromatic nitrogens is 1. The third-order valence-corrected chi connectivity index (χ3v) is 6.96. The van der Waals surface area contributed by atoms with Gasteiger partial charge in [-0.1, -0.05) is 12.8 Å². The highest BCUT2D eigenvalue weighted by atomic mass is 32.2. The molecule has 7 heteroatoms. The smallest absolute Gasteiger partial charge is 0.317 e. The number of nitrogens with one attached hydrogen (secondary N) is 1. The van der Waals surface area contributed by atoms with Crippen LogP contribution >= 0.6 is 23.1 Å². The van der Waals surface area contributed by atoms with E-state index in [-0.39, 0.29) is 11.6 Å². The highest BCUT2D eigenvalue weighted by Gasteiger charge is 2.40. The fourth-order valence-electron chi connectivity index (χ4n) is 3.85. The van der Waals surface area contributed by atoms with Gasteiger partial charge in [0.05, 0.1) is 17.2 Å². The summed E-state index contributed by atoms with van der Waals surface area (Å²) in [7, 11) is 1.85. The van der Waals surface area contributed by atoms with Crippen LogP contribution in [-0.4, -0.2) is 64.5 Å². The number of urea groups is 1. The van der Waals surface area contributed by atoms with Crippen molar-refractivity contribution < 1.29 is 4.79 Å². The van der Waals surface area contributed by atoms with Crippen LogP contribution < -0.4 is 5.32 Å². The van der Waals surface area contributed by atoms with Crippen molar-refractivity contribution in [2.45, 2.75) is 44.7 Å². The van der Waals surface area contributed by atoms with Crippen LogP contribution in [0.5, 0.6) is 0 Å². The van der Waals surface area contributed by atoms with Gasteiger partial charge < -0.3 is 10.2 Å². The van der Waals surface area contributed by atoms with E-state index in [1.165, 1.54) is 37.2 Å². The summed E-state index contributed by atoms with van der Waals surface area (Å²) >= 11 is 3.68. The summed E-state index contributed by atoms with van der Waals surface area (Å²) in [6.07, 6.45) is 5.00. The van der Waals surface area contributed by atoms with Gasteiger partial charge in [-0.15, -0.1) is 11.3 Å². The lowest BCUT2D eigenvalue weighted by Crippen LogP contribution is -2.57. The Hall–Kier alpha value is -0.790. The average Bonchev–Trinajstić information content (AvgIpc) is 3.23. The highest BCUT2D eigenvalue weighted by Crippen LogP contribution is 2.36. The Morgan fingerprint density at radius 2 is 2.08 bits per heavy atom. The van der Waals surface area contributed by atoms with E-state index in [2.05, 4.69) is 15.2 Å². The second-order valence-corrected chi connectivity index (χ2v) is 9.19. The first-order chi connectivity index (χ1) is 11.6. The largest absolute Gasteiger partial charge is 0.336 e. The topological polar surface area (TPSA) is 48.5 Å². The van der Waals surface area contributed by atoms with E-state index in [1.807, 2.05) is 31.1 Å². The maximum atomic E-state index is 12.5. The van der Waals surface area contributed by atoms with Crippen molar-refractivity contribution in [1.82, 2.24) is 20.1 Å². The molecule has 2 aliphatic rings. The first-order valence-electron chi connectivity index (χ1n) is 8.82. The van der Waals surface area contributed by atoms with E-state index in [0.717, 1.165) is 30.3 Å². The number of carbonyl (C=O) groups is 1. The van der Waals surface area contributed by atoms with E-state index >= 15 is 0 Å². The summed E-state index contributed by atoms with van der Waals surface area (Å²) in [5.41, 5.74) is 1.16. The van der Waals surface area contributed by atoms with E-state index in [0.29, 0.717) is 6.54 Å². The predicted molar refractivity (Wildman–Crippen MR) is 102 cm³/mol. The molecular weight excluding hydrogens is 340 g/mol. The minimum Gasteiger partial charge on any atom is -0.336 e. The highest BCUT2D eigenvalue weighted by molar-refractivity contribution is 7.99.